The van der Waals surface area contributed by atoms with Crippen LogP contribution < -0.4 is 5.73 Å². The Hall–Kier alpha value is -0.500. The van der Waals surface area contributed by atoms with E-state index < -0.39 is 5.41 Å². The van der Waals surface area contributed by atoms with Gasteiger partial charge in [0.15, 0.2) is 0 Å². The molecule has 0 radical (unpaired) electrons. The average molecular weight is 202 g/mol. The highest BCUT2D eigenvalue weighted by molar-refractivity contribution is 6.29. The number of allylic oxidation sites excluding steroid dienone is 1. The van der Waals surface area contributed by atoms with Gasteiger partial charge in [0.1, 0.15) is 0 Å². The molecule has 0 aromatic heterocycles. The molecular formula is C10H16ClNO. The standard InChI is InChI=1S/C10H16ClNO/c1-8(11)7-10(9(12)13)5-3-2-4-6-10/h1-7H2,(H2,12,13). The van der Waals surface area contributed by atoms with Gasteiger partial charge in [0.25, 0.3) is 0 Å². The van der Waals surface area contributed by atoms with Crippen molar-refractivity contribution in [1.82, 2.24) is 0 Å². The minimum Gasteiger partial charge on any atom is -0.369 e. The van der Waals surface area contributed by atoms with Crippen molar-refractivity contribution in [3.8, 4) is 0 Å². The van der Waals surface area contributed by atoms with Crippen LogP contribution in [0.3, 0.4) is 0 Å². The number of hydrogen-bond donors (Lipinski definition) is 1. The van der Waals surface area contributed by atoms with Crippen LogP contribution in [0.4, 0.5) is 0 Å². The number of carbonyl (C=O) groups excluding carboxylic acids is 1. The number of hydrogen-bond acceptors (Lipinski definition) is 1. The Labute approximate surface area is 84.1 Å². The highest BCUT2D eigenvalue weighted by Crippen LogP contribution is 2.41. The van der Waals surface area contributed by atoms with Crippen molar-refractivity contribution >= 4 is 17.5 Å². The predicted octanol–water partition coefficient (Wildman–Crippen LogP) is 2.56. The van der Waals surface area contributed by atoms with Crippen molar-refractivity contribution in [2.45, 2.75) is 38.5 Å². The molecule has 0 aromatic carbocycles. The lowest BCUT2D eigenvalue weighted by molar-refractivity contribution is -0.129. The van der Waals surface area contributed by atoms with Crippen molar-refractivity contribution in [2.24, 2.45) is 11.1 Å². The molecule has 1 rings (SSSR count). The van der Waals surface area contributed by atoms with E-state index in [0.717, 1.165) is 25.7 Å². The number of carbonyl (C=O) groups is 1. The highest BCUT2D eigenvalue weighted by Gasteiger charge is 2.37. The summed E-state index contributed by atoms with van der Waals surface area (Å²) in [6.45, 7) is 3.63. The molecule has 0 aliphatic heterocycles. The Bertz CT molecular complexity index is 219. The van der Waals surface area contributed by atoms with Crippen molar-refractivity contribution in [3.05, 3.63) is 11.6 Å². The second-order valence-corrected chi connectivity index (χ2v) is 4.43. The maximum absolute atomic E-state index is 11.3. The molecule has 1 fully saturated rings. The van der Waals surface area contributed by atoms with E-state index in [-0.39, 0.29) is 5.91 Å². The topological polar surface area (TPSA) is 43.1 Å². The summed E-state index contributed by atoms with van der Waals surface area (Å²) in [4.78, 5) is 11.3. The Kier molecular flexibility index (Phi) is 3.37. The third-order valence-corrected chi connectivity index (χ3v) is 3.00. The zero-order valence-electron chi connectivity index (χ0n) is 7.81. The summed E-state index contributed by atoms with van der Waals surface area (Å²) < 4.78 is 0. The number of rotatable bonds is 3. The molecule has 2 N–H and O–H groups in total. The van der Waals surface area contributed by atoms with E-state index >= 15 is 0 Å². The fourth-order valence-electron chi connectivity index (χ4n) is 2.11. The molecule has 74 valence electrons. The second kappa shape index (κ2) is 4.14. The molecule has 1 aliphatic carbocycles. The monoisotopic (exact) mass is 201 g/mol. The van der Waals surface area contributed by atoms with Crippen LogP contribution >= 0.6 is 11.6 Å². The molecule has 13 heavy (non-hydrogen) atoms. The fraction of sp³-hybridized carbons (Fsp3) is 0.700. The molecule has 1 saturated carbocycles. The minimum absolute atomic E-state index is 0.214. The van der Waals surface area contributed by atoms with Gasteiger partial charge < -0.3 is 5.73 Å². The Morgan fingerprint density at radius 1 is 1.38 bits per heavy atom. The van der Waals surface area contributed by atoms with Gasteiger partial charge in [-0.15, -0.1) is 0 Å². The first kappa shape index (κ1) is 10.6. The molecule has 0 aromatic rings. The van der Waals surface area contributed by atoms with Crippen molar-refractivity contribution in [1.29, 1.82) is 0 Å². The van der Waals surface area contributed by atoms with Crippen LogP contribution in [0.25, 0.3) is 0 Å². The first-order valence-corrected chi connectivity index (χ1v) is 5.08. The number of halogens is 1. The van der Waals surface area contributed by atoms with Crippen LogP contribution in [0.5, 0.6) is 0 Å². The molecule has 0 atom stereocenters. The minimum atomic E-state index is -0.392. The van der Waals surface area contributed by atoms with E-state index in [4.69, 9.17) is 17.3 Å². The van der Waals surface area contributed by atoms with Gasteiger partial charge in [-0.3, -0.25) is 4.79 Å². The summed E-state index contributed by atoms with van der Waals surface area (Å²) in [5.41, 5.74) is 5.02. The van der Waals surface area contributed by atoms with E-state index in [0.29, 0.717) is 11.5 Å². The van der Waals surface area contributed by atoms with Crippen molar-refractivity contribution in [3.63, 3.8) is 0 Å². The lowest BCUT2D eigenvalue weighted by Crippen LogP contribution is -2.38. The fourth-order valence-corrected chi connectivity index (χ4v) is 2.36. The summed E-state index contributed by atoms with van der Waals surface area (Å²) in [6.07, 6.45) is 5.63. The van der Waals surface area contributed by atoms with Gasteiger partial charge in [0.2, 0.25) is 5.91 Å². The van der Waals surface area contributed by atoms with Gasteiger partial charge in [0, 0.05) is 5.03 Å². The number of amides is 1. The van der Waals surface area contributed by atoms with Gasteiger partial charge >= 0.3 is 0 Å². The van der Waals surface area contributed by atoms with Crippen LogP contribution in [0.2, 0.25) is 0 Å². The molecule has 1 amide bonds. The first-order valence-electron chi connectivity index (χ1n) is 4.70. The zero-order chi connectivity index (χ0) is 9.90. The SMILES string of the molecule is C=C(Cl)CC1(C(N)=O)CCCCC1. The molecule has 0 saturated heterocycles. The van der Waals surface area contributed by atoms with Crippen LogP contribution in [-0.4, -0.2) is 5.91 Å². The third kappa shape index (κ3) is 2.47. The van der Waals surface area contributed by atoms with E-state index in [2.05, 4.69) is 6.58 Å². The van der Waals surface area contributed by atoms with E-state index in [1.54, 1.807) is 0 Å². The quantitative estimate of drug-likeness (QED) is 0.750. The van der Waals surface area contributed by atoms with E-state index in [1.165, 1.54) is 6.42 Å². The first-order chi connectivity index (χ1) is 6.07. The zero-order valence-corrected chi connectivity index (χ0v) is 8.57. The molecule has 0 spiro atoms. The molecule has 2 nitrogen and oxygen atoms in total. The van der Waals surface area contributed by atoms with Gasteiger partial charge in [-0.2, -0.15) is 0 Å². The summed E-state index contributed by atoms with van der Waals surface area (Å²) in [7, 11) is 0. The lowest BCUT2D eigenvalue weighted by atomic mass is 9.71. The summed E-state index contributed by atoms with van der Waals surface area (Å²) in [6, 6.07) is 0. The Balaban J connectivity index is 2.73. The number of primary amides is 1. The summed E-state index contributed by atoms with van der Waals surface area (Å²) >= 11 is 5.74. The average Bonchev–Trinajstić information content (AvgIpc) is 2.04. The number of nitrogens with two attached hydrogens (primary N) is 1. The smallest absolute Gasteiger partial charge is 0.224 e. The largest absolute Gasteiger partial charge is 0.369 e. The normalized spacial score (nSPS) is 21.0. The summed E-state index contributed by atoms with van der Waals surface area (Å²) in [5, 5.41) is 0.542. The lowest BCUT2D eigenvalue weighted by Gasteiger charge is -2.33. The summed E-state index contributed by atoms with van der Waals surface area (Å²) in [5.74, 6) is -0.214. The van der Waals surface area contributed by atoms with Gasteiger partial charge in [-0.25, -0.2) is 0 Å². The maximum atomic E-state index is 11.3. The Morgan fingerprint density at radius 2 is 1.92 bits per heavy atom. The predicted molar refractivity (Wildman–Crippen MR) is 54.3 cm³/mol. The van der Waals surface area contributed by atoms with Gasteiger partial charge in [-0.05, 0) is 19.3 Å². The van der Waals surface area contributed by atoms with Gasteiger partial charge in [0.05, 0.1) is 5.41 Å². The Morgan fingerprint density at radius 3 is 2.31 bits per heavy atom. The highest BCUT2D eigenvalue weighted by atomic mass is 35.5. The van der Waals surface area contributed by atoms with Crippen molar-refractivity contribution < 1.29 is 4.79 Å². The van der Waals surface area contributed by atoms with E-state index in [9.17, 15) is 4.79 Å². The molecule has 1 aliphatic rings. The van der Waals surface area contributed by atoms with Gasteiger partial charge in [-0.1, -0.05) is 37.4 Å². The molecule has 3 heteroatoms. The third-order valence-electron chi connectivity index (χ3n) is 2.86. The maximum Gasteiger partial charge on any atom is 0.224 e. The molecule has 0 bridgehead atoms. The second-order valence-electron chi connectivity index (χ2n) is 3.90. The van der Waals surface area contributed by atoms with Crippen LogP contribution in [0, 0.1) is 5.41 Å². The molecular weight excluding hydrogens is 186 g/mol. The van der Waals surface area contributed by atoms with Crippen molar-refractivity contribution in [2.75, 3.05) is 0 Å². The van der Waals surface area contributed by atoms with Crippen LogP contribution in [0.1, 0.15) is 38.5 Å². The van der Waals surface area contributed by atoms with Crippen LogP contribution in [0.15, 0.2) is 11.6 Å². The molecule has 0 unspecified atom stereocenters. The molecule has 0 heterocycles. The van der Waals surface area contributed by atoms with Crippen LogP contribution in [-0.2, 0) is 4.79 Å². The van der Waals surface area contributed by atoms with E-state index in [1.807, 2.05) is 0 Å².